The Morgan fingerprint density at radius 3 is 2.94 bits per heavy atom. The van der Waals surface area contributed by atoms with Gasteiger partial charge in [0, 0.05) is 46.0 Å². The molecule has 0 saturated carbocycles. The van der Waals surface area contributed by atoms with Gasteiger partial charge in [-0.1, -0.05) is 0 Å². The van der Waals surface area contributed by atoms with E-state index < -0.39 is 0 Å². The fraction of sp³-hybridized carbons (Fsp3) is 0.391. The maximum Gasteiger partial charge on any atom is 0.147 e. The molecule has 1 spiro atoms. The number of aliphatic imine (C=N–C) groups is 1. The van der Waals surface area contributed by atoms with Crippen LogP contribution >= 0.6 is 23.1 Å². The molecule has 2 aliphatic heterocycles. The van der Waals surface area contributed by atoms with Crippen LogP contribution in [0.25, 0.3) is 10.2 Å². The molecule has 5 nitrogen and oxygen atoms in total. The monoisotopic (exact) mass is 456 g/mol. The quantitative estimate of drug-likeness (QED) is 0.372. The first-order chi connectivity index (χ1) is 15.1. The number of nitrogens with one attached hydrogen (secondary N) is 2. The molecule has 5 rings (SSSR count). The van der Waals surface area contributed by atoms with Crippen LogP contribution in [0.2, 0.25) is 0 Å². The molecule has 0 amide bonds. The molecular formula is C23H25FN4OS2. The van der Waals surface area contributed by atoms with Crippen molar-refractivity contribution >= 4 is 57.1 Å². The summed E-state index contributed by atoms with van der Waals surface area (Å²) in [7, 11) is 0. The number of benzene rings is 1. The molecule has 0 radical (unpaired) electrons. The molecule has 2 N–H and O–H groups in total. The summed E-state index contributed by atoms with van der Waals surface area (Å²) in [5, 5.41) is 8.07. The third-order valence-corrected chi connectivity index (χ3v) is 8.39. The van der Waals surface area contributed by atoms with Gasteiger partial charge >= 0.3 is 0 Å². The molecule has 2 aromatic heterocycles. The Balaban J connectivity index is 1.50. The highest BCUT2D eigenvalue weighted by Gasteiger charge is 2.45. The lowest BCUT2D eigenvalue weighted by atomic mass is 9.78. The largest absolute Gasteiger partial charge is 0.381 e. The van der Waals surface area contributed by atoms with Crippen molar-refractivity contribution in [3.05, 3.63) is 41.2 Å². The average molecular weight is 457 g/mol. The minimum Gasteiger partial charge on any atom is -0.381 e. The number of halogens is 1. The second kappa shape index (κ2) is 8.50. The molecular weight excluding hydrogens is 431 g/mol. The Hall–Kier alpha value is -2.00. The number of thioether (sulfide) groups is 1. The van der Waals surface area contributed by atoms with Crippen LogP contribution in [0.15, 0.2) is 40.4 Å². The van der Waals surface area contributed by atoms with Gasteiger partial charge in [0.25, 0.3) is 0 Å². The van der Waals surface area contributed by atoms with E-state index >= 15 is 0 Å². The minimum absolute atomic E-state index is 0.122. The first kappa shape index (κ1) is 20.9. The number of fused-ring (bicyclic) bond motifs is 1. The summed E-state index contributed by atoms with van der Waals surface area (Å²) in [6, 6.07) is 7.36. The summed E-state index contributed by atoms with van der Waals surface area (Å²) < 4.78 is 20.4. The van der Waals surface area contributed by atoms with Gasteiger partial charge in [0.05, 0.1) is 17.1 Å². The SMILES string of the molecule is C=Nc1cc(Nc2ccnc3sc([C@@H]4CCNC45CCOCC5)cc23)c(F)cc1SC. The van der Waals surface area contributed by atoms with Crippen LogP contribution in [0.5, 0.6) is 0 Å². The van der Waals surface area contributed by atoms with Gasteiger partial charge in [-0.15, -0.1) is 23.1 Å². The molecule has 1 aromatic carbocycles. The molecule has 162 valence electrons. The lowest BCUT2D eigenvalue weighted by Crippen LogP contribution is -2.48. The molecule has 2 aliphatic rings. The number of ether oxygens (including phenoxy) is 1. The van der Waals surface area contributed by atoms with Crippen LogP contribution in [0.4, 0.5) is 21.5 Å². The van der Waals surface area contributed by atoms with E-state index in [2.05, 4.69) is 33.4 Å². The third-order valence-electron chi connectivity index (χ3n) is 6.47. The second-order valence-corrected chi connectivity index (χ2v) is 9.96. The minimum atomic E-state index is -0.307. The predicted octanol–water partition coefficient (Wildman–Crippen LogP) is 5.86. The van der Waals surface area contributed by atoms with Crippen LogP contribution in [0.3, 0.4) is 0 Å². The molecule has 2 fully saturated rings. The van der Waals surface area contributed by atoms with Crippen LogP contribution in [0.1, 0.15) is 30.1 Å². The fourth-order valence-electron chi connectivity index (χ4n) is 4.85. The molecule has 0 unspecified atom stereocenters. The van der Waals surface area contributed by atoms with Gasteiger partial charge in [-0.25, -0.2) is 9.37 Å². The van der Waals surface area contributed by atoms with E-state index in [1.54, 1.807) is 23.6 Å². The number of nitrogens with zero attached hydrogens (tertiary/aromatic N) is 2. The predicted molar refractivity (Wildman–Crippen MR) is 128 cm³/mol. The highest BCUT2D eigenvalue weighted by Crippen LogP contribution is 2.46. The number of rotatable bonds is 5. The topological polar surface area (TPSA) is 58.5 Å². The third kappa shape index (κ3) is 3.75. The number of hydrogen-bond donors (Lipinski definition) is 2. The van der Waals surface area contributed by atoms with Gasteiger partial charge in [0.1, 0.15) is 10.6 Å². The Morgan fingerprint density at radius 2 is 2.16 bits per heavy atom. The first-order valence-corrected chi connectivity index (χ1v) is 12.5. The van der Waals surface area contributed by atoms with Crippen molar-refractivity contribution in [1.82, 2.24) is 10.3 Å². The summed E-state index contributed by atoms with van der Waals surface area (Å²) in [6.45, 7) is 6.27. The Bertz CT molecular complexity index is 1130. The fourth-order valence-corrected chi connectivity index (χ4v) is 6.68. The molecule has 31 heavy (non-hydrogen) atoms. The van der Waals surface area contributed by atoms with Crippen molar-refractivity contribution in [3.8, 4) is 0 Å². The maximum absolute atomic E-state index is 14.8. The van der Waals surface area contributed by atoms with Crippen molar-refractivity contribution in [2.24, 2.45) is 4.99 Å². The van der Waals surface area contributed by atoms with Gasteiger partial charge in [-0.3, -0.25) is 4.99 Å². The van der Waals surface area contributed by atoms with Gasteiger partial charge in [-0.05, 0) is 63.0 Å². The Kier molecular flexibility index (Phi) is 5.73. The van der Waals surface area contributed by atoms with Crippen LogP contribution in [0, 0.1) is 5.82 Å². The van der Waals surface area contributed by atoms with Crippen LogP contribution in [-0.2, 0) is 4.74 Å². The van der Waals surface area contributed by atoms with E-state index in [9.17, 15) is 4.39 Å². The van der Waals surface area contributed by atoms with Gasteiger partial charge in [0.15, 0.2) is 0 Å². The van der Waals surface area contributed by atoms with Gasteiger partial charge in [0.2, 0.25) is 0 Å². The molecule has 4 heterocycles. The normalized spacial score (nSPS) is 20.4. The maximum atomic E-state index is 14.8. The molecule has 1 atom stereocenters. The molecule has 0 bridgehead atoms. The smallest absolute Gasteiger partial charge is 0.147 e. The van der Waals surface area contributed by atoms with Crippen molar-refractivity contribution in [2.45, 2.75) is 35.6 Å². The van der Waals surface area contributed by atoms with E-state index in [-0.39, 0.29) is 11.4 Å². The van der Waals surface area contributed by atoms with E-state index in [4.69, 9.17) is 4.74 Å². The molecule has 0 aliphatic carbocycles. The highest BCUT2D eigenvalue weighted by molar-refractivity contribution is 7.98. The van der Waals surface area contributed by atoms with Crippen molar-refractivity contribution in [2.75, 3.05) is 31.3 Å². The lowest BCUT2D eigenvalue weighted by Gasteiger charge is -2.38. The zero-order chi connectivity index (χ0) is 21.4. The highest BCUT2D eigenvalue weighted by atomic mass is 32.2. The van der Waals surface area contributed by atoms with E-state index in [0.29, 0.717) is 17.3 Å². The molecule has 8 heteroatoms. The van der Waals surface area contributed by atoms with Crippen molar-refractivity contribution < 1.29 is 9.13 Å². The molecule has 3 aromatic rings. The summed E-state index contributed by atoms with van der Waals surface area (Å²) in [5.74, 6) is 0.149. The summed E-state index contributed by atoms with van der Waals surface area (Å²) in [6.07, 6.45) is 6.88. The number of anilines is 2. The van der Waals surface area contributed by atoms with E-state index in [0.717, 1.165) is 59.8 Å². The summed E-state index contributed by atoms with van der Waals surface area (Å²) in [4.78, 5) is 11.7. The first-order valence-electron chi connectivity index (χ1n) is 10.5. The zero-order valence-corrected chi connectivity index (χ0v) is 19.0. The van der Waals surface area contributed by atoms with Crippen molar-refractivity contribution in [1.29, 1.82) is 0 Å². The number of hydrogen-bond acceptors (Lipinski definition) is 7. The summed E-state index contributed by atoms with van der Waals surface area (Å²) >= 11 is 3.20. The Labute approximate surface area is 189 Å². The standard InChI is InChI=1S/C23H25FN4OS2/c1-25-19-13-18(16(24)12-21(19)30-2)28-17-4-7-26-22-14(17)11-20(31-22)15-3-8-27-23(15)5-9-29-10-6-23/h4,7,11-13,15,27H,1,3,5-6,8-10H2,2H3,(H,26,28)/t15-/m0/s1. The van der Waals surface area contributed by atoms with Crippen LogP contribution in [-0.4, -0.2) is 43.3 Å². The number of aromatic nitrogens is 1. The summed E-state index contributed by atoms with van der Waals surface area (Å²) in [5.41, 5.74) is 2.04. The molecule has 2 saturated heterocycles. The number of thiophene rings is 1. The van der Waals surface area contributed by atoms with Gasteiger partial charge in [-0.2, -0.15) is 0 Å². The van der Waals surface area contributed by atoms with E-state index in [1.165, 1.54) is 22.7 Å². The Morgan fingerprint density at radius 1 is 1.32 bits per heavy atom. The van der Waals surface area contributed by atoms with Crippen LogP contribution < -0.4 is 10.6 Å². The number of pyridine rings is 1. The van der Waals surface area contributed by atoms with E-state index in [1.807, 2.05) is 12.3 Å². The van der Waals surface area contributed by atoms with Gasteiger partial charge < -0.3 is 15.4 Å². The lowest BCUT2D eigenvalue weighted by molar-refractivity contribution is 0.0397. The zero-order valence-electron chi connectivity index (χ0n) is 17.4. The van der Waals surface area contributed by atoms with Crippen molar-refractivity contribution in [3.63, 3.8) is 0 Å². The second-order valence-electron chi connectivity index (χ2n) is 8.05. The average Bonchev–Trinajstić information content (AvgIpc) is 3.39.